The summed E-state index contributed by atoms with van der Waals surface area (Å²) in [7, 11) is -2.55. The van der Waals surface area contributed by atoms with Crippen molar-refractivity contribution in [3.05, 3.63) is 89.0 Å². The van der Waals surface area contributed by atoms with Crippen LogP contribution in [-0.2, 0) is 26.2 Å². The second kappa shape index (κ2) is 14.4. The first-order valence-electron chi connectivity index (χ1n) is 14.3. The minimum Gasteiger partial charge on any atom is -0.497 e. The third-order valence-corrected chi connectivity index (χ3v) is 9.41. The van der Waals surface area contributed by atoms with Gasteiger partial charge in [0.2, 0.25) is 11.8 Å². The van der Waals surface area contributed by atoms with Gasteiger partial charge in [-0.15, -0.1) is 0 Å². The molecule has 2 atom stereocenters. The van der Waals surface area contributed by atoms with Crippen LogP contribution in [0.1, 0.15) is 55.9 Å². The van der Waals surface area contributed by atoms with Crippen molar-refractivity contribution >= 4 is 27.5 Å². The number of nitrogens with one attached hydrogen (secondary N) is 1. The number of benzene rings is 3. The first kappa shape index (κ1) is 32.7. The van der Waals surface area contributed by atoms with Crippen molar-refractivity contribution in [2.24, 2.45) is 0 Å². The van der Waals surface area contributed by atoms with E-state index < -0.39 is 28.5 Å². The molecule has 0 fully saturated rings. The minimum absolute atomic E-state index is 0.0714. The summed E-state index contributed by atoms with van der Waals surface area (Å²) in [6.07, 6.45) is 1.10. The Morgan fingerprint density at radius 1 is 0.905 bits per heavy atom. The Kier molecular flexibility index (Phi) is 11.2. The number of carbonyl (C=O) groups excluding carboxylic acids is 2. The van der Waals surface area contributed by atoms with Gasteiger partial charge in [0.05, 0.1) is 17.7 Å². The predicted molar refractivity (Wildman–Crippen MR) is 167 cm³/mol. The second-order valence-electron chi connectivity index (χ2n) is 10.7. The quantitative estimate of drug-likeness (QED) is 0.281. The van der Waals surface area contributed by atoms with E-state index in [0.717, 1.165) is 28.7 Å². The molecule has 0 saturated heterocycles. The number of carbonyl (C=O) groups is 2. The number of hydrogen-bond donors (Lipinski definition) is 1. The van der Waals surface area contributed by atoms with Gasteiger partial charge < -0.3 is 15.0 Å². The van der Waals surface area contributed by atoms with E-state index in [1.54, 1.807) is 55.6 Å². The van der Waals surface area contributed by atoms with Crippen LogP contribution >= 0.6 is 0 Å². The Hall–Kier alpha value is -3.85. The summed E-state index contributed by atoms with van der Waals surface area (Å²) in [5.41, 5.74) is 3.79. The van der Waals surface area contributed by atoms with Crippen LogP contribution in [0.25, 0.3) is 0 Å². The average molecular weight is 594 g/mol. The maximum Gasteiger partial charge on any atom is 0.264 e. The Bertz CT molecular complexity index is 1470. The number of amides is 2. The lowest BCUT2D eigenvalue weighted by Crippen LogP contribution is -2.53. The van der Waals surface area contributed by atoms with Gasteiger partial charge in [-0.1, -0.05) is 55.8 Å². The summed E-state index contributed by atoms with van der Waals surface area (Å²) in [6, 6.07) is 18.4. The molecule has 8 nitrogen and oxygen atoms in total. The standard InChI is InChI=1S/C33H43N3O5S/c1-8-25(5)34-33(38)30(9-2)35(21-27-15-17-28(41-7)18-16-27)32(37)22-36(31-12-10-11-24(4)26(31)6)42(39,40)29-19-13-23(3)14-20-29/h10-20,25,30H,8-9,21-22H2,1-7H3,(H,34,38)/t25-,30+/m1/s1. The molecule has 3 aromatic rings. The first-order chi connectivity index (χ1) is 19.9. The molecule has 0 aliphatic carbocycles. The fourth-order valence-electron chi connectivity index (χ4n) is 4.64. The summed E-state index contributed by atoms with van der Waals surface area (Å²) in [4.78, 5) is 29.3. The van der Waals surface area contributed by atoms with Gasteiger partial charge in [0.15, 0.2) is 0 Å². The van der Waals surface area contributed by atoms with Gasteiger partial charge in [-0.05, 0) is 87.6 Å². The number of rotatable bonds is 13. The summed E-state index contributed by atoms with van der Waals surface area (Å²) < 4.78 is 34.7. The van der Waals surface area contributed by atoms with Gasteiger partial charge in [0.1, 0.15) is 18.3 Å². The molecule has 0 aliphatic heterocycles. The van der Waals surface area contributed by atoms with Crippen molar-refractivity contribution in [3.63, 3.8) is 0 Å². The summed E-state index contributed by atoms with van der Waals surface area (Å²) in [5, 5.41) is 3.00. The molecule has 2 amide bonds. The first-order valence-corrected chi connectivity index (χ1v) is 15.7. The SMILES string of the molecule is CC[C@@H](C)NC(=O)[C@H](CC)N(Cc1ccc(OC)cc1)C(=O)CN(c1cccc(C)c1C)S(=O)(=O)c1ccc(C)cc1. The lowest BCUT2D eigenvalue weighted by atomic mass is 10.1. The second-order valence-corrected chi connectivity index (χ2v) is 12.5. The minimum atomic E-state index is -4.13. The molecular formula is C33H43N3O5S. The van der Waals surface area contributed by atoms with E-state index in [1.165, 1.54) is 9.21 Å². The van der Waals surface area contributed by atoms with E-state index >= 15 is 0 Å². The third kappa shape index (κ3) is 7.70. The van der Waals surface area contributed by atoms with Crippen LogP contribution in [0.15, 0.2) is 71.6 Å². The van der Waals surface area contributed by atoms with Crippen molar-refractivity contribution in [2.45, 2.75) is 77.9 Å². The largest absolute Gasteiger partial charge is 0.497 e. The molecule has 0 aromatic heterocycles. The molecule has 0 heterocycles. The Labute approximate surface area is 250 Å². The van der Waals surface area contributed by atoms with Crippen LogP contribution in [0.2, 0.25) is 0 Å². The molecule has 0 saturated carbocycles. The van der Waals surface area contributed by atoms with Crippen molar-refractivity contribution in [1.82, 2.24) is 10.2 Å². The monoisotopic (exact) mass is 593 g/mol. The van der Waals surface area contributed by atoms with Crippen LogP contribution in [0.3, 0.4) is 0 Å². The van der Waals surface area contributed by atoms with Crippen LogP contribution in [-0.4, -0.2) is 50.9 Å². The highest BCUT2D eigenvalue weighted by molar-refractivity contribution is 7.92. The number of methoxy groups -OCH3 is 1. The number of nitrogens with zero attached hydrogens (tertiary/aromatic N) is 2. The molecule has 0 radical (unpaired) electrons. The fraction of sp³-hybridized carbons (Fsp3) is 0.394. The number of ether oxygens (including phenoxy) is 1. The highest BCUT2D eigenvalue weighted by Gasteiger charge is 2.34. The molecule has 42 heavy (non-hydrogen) atoms. The highest BCUT2D eigenvalue weighted by Crippen LogP contribution is 2.29. The van der Waals surface area contributed by atoms with Crippen molar-refractivity contribution in [2.75, 3.05) is 18.0 Å². The Morgan fingerprint density at radius 3 is 2.12 bits per heavy atom. The molecule has 0 unspecified atom stereocenters. The highest BCUT2D eigenvalue weighted by atomic mass is 32.2. The number of aryl methyl sites for hydroxylation is 2. The van der Waals surface area contributed by atoms with Crippen LogP contribution < -0.4 is 14.4 Å². The van der Waals surface area contributed by atoms with E-state index in [4.69, 9.17) is 4.74 Å². The normalized spacial score (nSPS) is 12.7. The molecule has 3 rings (SSSR count). The zero-order chi connectivity index (χ0) is 31.0. The third-order valence-electron chi connectivity index (χ3n) is 7.63. The van der Waals surface area contributed by atoms with E-state index in [9.17, 15) is 18.0 Å². The van der Waals surface area contributed by atoms with Crippen molar-refractivity contribution in [1.29, 1.82) is 0 Å². The smallest absolute Gasteiger partial charge is 0.264 e. The topological polar surface area (TPSA) is 96.0 Å². The zero-order valence-corrected chi connectivity index (χ0v) is 26.5. The van der Waals surface area contributed by atoms with Gasteiger partial charge in [0.25, 0.3) is 10.0 Å². The van der Waals surface area contributed by atoms with E-state index in [1.807, 2.05) is 59.7 Å². The number of anilines is 1. The van der Waals surface area contributed by atoms with Gasteiger partial charge >= 0.3 is 0 Å². The van der Waals surface area contributed by atoms with Crippen molar-refractivity contribution in [3.8, 4) is 5.75 Å². The zero-order valence-electron chi connectivity index (χ0n) is 25.7. The number of hydrogen-bond acceptors (Lipinski definition) is 5. The Morgan fingerprint density at radius 2 is 1.55 bits per heavy atom. The average Bonchev–Trinajstić information content (AvgIpc) is 2.97. The summed E-state index contributed by atoms with van der Waals surface area (Å²) >= 11 is 0. The van der Waals surface area contributed by atoms with Crippen molar-refractivity contribution < 1.29 is 22.7 Å². The van der Waals surface area contributed by atoms with E-state index in [2.05, 4.69) is 5.32 Å². The van der Waals surface area contributed by atoms with Gasteiger partial charge in [-0.25, -0.2) is 8.42 Å². The van der Waals surface area contributed by atoms with Crippen LogP contribution in [0, 0.1) is 20.8 Å². The molecule has 0 bridgehead atoms. The molecular weight excluding hydrogens is 550 g/mol. The lowest BCUT2D eigenvalue weighted by Gasteiger charge is -2.34. The van der Waals surface area contributed by atoms with Gasteiger partial charge in [-0.2, -0.15) is 0 Å². The predicted octanol–water partition coefficient (Wildman–Crippen LogP) is 5.54. The molecule has 226 valence electrons. The van der Waals surface area contributed by atoms with E-state index in [-0.39, 0.29) is 23.4 Å². The van der Waals surface area contributed by atoms with E-state index in [0.29, 0.717) is 17.9 Å². The maximum atomic E-state index is 14.3. The fourth-order valence-corrected chi connectivity index (χ4v) is 6.12. The van der Waals surface area contributed by atoms with Gasteiger partial charge in [0, 0.05) is 12.6 Å². The van der Waals surface area contributed by atoms with Crippen LogP contribution in [0.4, 0.5) is 5.69 Å². The van der Waals surface area contributed by atoms with Crippen LogP contribution in [0.5, 0.6) is 5.75 Å². The molecule has 0 spiro atoms. The Balaban J connectivity index is 2.09. The molecule has 3 aromatic carbocycles. The lowest BCUT2D eigenvalue weighted by molar-refractivity contribution is -0.140. The van der Waals surface area contributed by atoms with Gasteiger partial charge in [-0.3, -0.25) is 13.9 Å². The maximum absolute atomic E-state index is 14.3. The summed E-state index contributed by atoms with van der Waals surface area (Å²) in [5.74, 6) is -0.0783. The molecule has 1 N–H and O–H groups in total. The summed E-state index contributed by atoms with van der Waals surface area (Å²) in [6.45, 7) is 11.0. The molecule has 9 heteroatoms. The number of sulfonamides is 1. The molecule has 0 aliphatic rings.